The van der Waals surface area contributed by atoms with Gasteiger partial charge < -0.3 is 15.8 Å². The number of halogens is 1. The van der Waals surface area contributed by atoms with Crippen LogP contribution in [-0.4, -0.2) is 15.0 Å². The number of nitrogen functional groups attached to an aromatic ring is 1. The number of hydrogen-bond acceptors (Lipinski definition) is 6. The molecule has 0 aliphatic rings. The van der Waals surface area contributed by atoms with Gasteiger partial charge in [-0.05, 0) is 36.4 Å². The second kappa shape index (κ2) is 6.40. The topological polar surface area (TPSA) is 86.0 Å². The van der Waals surface area contributed by atoms with Gasteiger partial charge in [-0.15, -0.1) is 0 Å². The first kappa shape index (κ1) is 14.3. The van der Waals surface area contributed by atoms with E-state index in [-0.39, 0.29) is 5.88 Å². The number of ether oxygens (including phenoxy) is 1. The number of nitrogens with zero attached hydrogens (tertiary/aromatic N) is 3. The zero-order valence-corrected chi connectivity index (χ0v) is 13.0. The molecule has 0 radical (unpaired) electrons. The molecular formula is C15H12BrN5O. The number of nitrogens with one attached hydrogen (secondary N) is 1. The van der Waals surface area contributed by atoms with Crippen molar-refractivity contribution in [3.63, 3.8) is 0 Å². The maximum Gasteiger partial charge on any atom is 0.248 e. The van der Waals surface area contributed by atoms with Crippen molar-refractivity contribution in [2.75, 3.05) is 11.1 Å². The van der Waals surface area contributed by atoms with Gasteiger partial charge in [0.05, 0.1) is 6.20 Å². The molecule has 0 spiro atoms. The van der Waals surface area contributed by atoms with E-state index < -0.39 is 0 Å². The summed E-state index contributed by atoms with van der Waals surface area (Å²) in [7, 11) is 0. The van der Waals surface area contributed by atoms with Gasteiger partial charge in [-0.1, -0.05) is 15.9 Å². The molecule has 0 aliphatic carbocycles. The van der Waals surface area contributed by atoms with Crippen molar-refractivity contribution in [2.45, 2.75) is 0 Å². The predicted octanol–water partition coefficient (Wildman–Crippen LogP) is 3.75. The van der Waals surface area contributed by atoms with Crippen LogP contribution in [0.5, 0.6) is 11.6 Å². The maximum atomic E-state index is 6.07. The van der Waals surface area contributed by atoms with Gasteiger partial charge in [0.1, 0.15) is 17.8 Å². The van der Waals surface area contributed by atoms with Crippen LogP contribution >= 0.6 is 15.9 Å². The number of pyridine rings is 1. The third-order valence-electron chi connectivity index (χ3n) is 2.80. The number of nitrogens with two attached hydrogens (primary N) is 1. The standard InChI is InChI=1S/C15H12BrN5O/c16-10-3-5-11(6-4-10)21-14-13(17)15(20-9-19-14)22-12-2-1-7-18-8-12/h1-9H,17H2,(H,19,20,21). The van der Waals surface area contributed by atoms with Gasteiger partial charge in [-0.25, -0.2) is 4.98 Å². The Labute approximate surface area is 135 Å². The highest BCUT2D eigenvalue weighted by Crippen LogP contribution is 2.30. The predicted molar refractivity (Wildman–Crippen MR) is 88.2 cm³/mol. The molecule has 0 amide bonds. The van der Waals surface area contributed by atoms with E-state index in [4.69, 9.17) is 10.5 Å². The third-order valence-corrected chi connectivity index (χ3v) is 3.33. The minimum Gasteiger partial charge on any atom is -0.435 e. The summed E-state index contributed by atoms with van der Waals surface area (Å²) in [5, 5.41) is 3.13. The zero-order chi connectivity index (χ0) is 15.4. The van der Waals surface area contributed by atoms with Crippen LogP contribution in [-0.2, 0) is 0 Å². The van der Waals surface area contributed by atoms with E-state index in [2.05, 4.69) is 36.2 Å². The fourth-order valence-corrected chi connectivity index (χ4v) is 2.01. The molecule has 0 fully saturated rings. The van der Waals surface area contributed by atoms with Crippen LogP contribution in [0.1, 0.15) is 0 Å². The average molecular weight is 358 g/mol. The highest BCUT2D eigenvalue weighted by molar-refractivity contribution is 9.10. The summed E-state index contributed by atoms with van der Waals surface area (Å²) in [6.07, 6.45) is 4.64. The Kier molecular flexibility index (Phi) is 4.15. The Morgan fingerprint density at radius 1 is 1.09 bits per heavy atom. The van der Waals surface area contributed by atoms with Crippen molar-refractivity contribution < 1.29 is 4.74 Å². The minimum absolute atomic E-state index is 0.280. The summed E-state index contributed by atoms with van der Waals surface area (Å²) in [6, 6.07) is 11.2. The summed E-state index contributed by atoms with van der Waals surface area (Å²) in [5.41, 5.74) is 7.26. The Balaban J connectivity index is 1.84. The molecule has 0 aliphatic heterocycles. The van der Waals surface area contributed by atoms with E-state index in [0.717, 1.165) is 10.2 Å². The van der Waals surface area contributed by atoms with Gasteiger partial charge in [-0.2, -0.15) is 4.98 Å². The Hall–Kier alpha value is -2.67. The van der Waals surface area contributed by atoms with Crippen molar-refractivity contribution >= 4 is 33.1 Å². The first-order valence-electron chi connectivity index (χ1n) is 6.43. The molecule has 7 heteroatoms. The van der Waals surface area contributed by atoms with E-state index in [9.17, 15) is 0 Å². The van der Waals surface area contributed by atoms with Crippen LogP contribution in [0.15, 0.2) is 59.6 Å². The van der Waals surface area contributed by atoms with E-state index in [1.165, 1.54) is 6.33 Å². The quantitative estimate of drug-likeness (QED) is 0.739. The smallest absolute Gasteiger partial charge is 0.248 e. The summed E-state index contributed by atoms with van der Waals surface area (Å²) < 4.78 is 6.62. The van der Waals surface area contributed by atoms with Crippen LogP contribution in [0.3, 0.4) is 0 Å². The van der Waals surface area contributed by atoms with Crippen molar-refractivity contribution in [1.29, 1.82) is 0 Å². The number of aromatic nitrogens is 3. The number of anilines is 3. The van der Waals surface area contributed by atoms with Gasteiger partial charge in [0, 0.05) is 16.4 Å². The molecule has 0 saturated heterocycles. The van der Waals surface area contributed by atoms with Gasteiger partial charge in [0.15, 0.2) is 5.82 Å². The fourth-order valence-electron chi connectivity index (χ4n) is 1.75. The van der Waals surface area contributed by atoms with Crippen molar-refractivity contribution in [2.24, 2.45) is 0 Å². The summed E-state index contributed by atoms with van der Waals surface area (Å²) in [5.74, 6) is 1.32. The maximum absolute atomic E-state index is 6.07. The van der Waals surface area contributed by atoms with Crippen LogP contribution in [0, 0.1) is 0 Å². The summed E-state index contributed by atoms with van der Waals surface area (Å²) in [4.78, 5) is 12.2. The molecule has 0 unspecified atom stereocenters. The largest absolute Gasteiger partial charge is 0.435 e. The normalized spacial score (nSPS) is 10.2. The van der Waals surface area contributed by atoms with Crippen LogP contribution in [0.2, 0.25) is 0 Å². The first-order valence-corrected chi connectivity index (χ1v) is 7.22. The summed E-state index contributed by atoms with van der Waals surface area (Å²) in [6.45, 7) is 0. The van der Waals surface area contributed by atoms with E-state index in [0.29, 0.717) is 17.3 Å². The lowest BCUT2D eigenvalue weighted by Crippen LogP contribution is -2.03. The Bertz CT molecular complexity index is 765. The SMILES string of the molecule is Nc1c(Nc2ccc(Br)cc2)ncnc1Oc1cccnc1. The fraction of sp³-hybridized carbons (Fsp3) is 0. The summed E-state index contributed by atoms with van der Waals surface area (Å²) >= 11 is 3.39. The number of rotatable bonds is 4. The molecule has 2 aromatic heterocycles. The molecule has 1 aromatic carbocycles. The molecule has 3 rings (SSSR count). The lowest BCUT2D eigenvalue weighted by atomic mass is 10.3. The van der Waals surface area contributed by atoms with Crippen LogP contribution in [0.25, 0.3) is 0 Å². The van der Waals surface area contributed by atoms with E-state index >= 15 is 0 Å². The molecule has 110 valence electrons. The van der Waals surface area contributed by atoms with E-state index in [1.807, 2.05) is 24.3 Å². The Morgan fingerprint density at radius 3 is 2.64 bits per heavy atom. The lowest BCUT2D eigenvalue weighted by molar-refractivity contribution is 0.462. The molecule has 22 heavy (non-hydrogen) atoms. The Morgan fingerprint density at radius 2 is 1.91 bits per heavy atom. The second-order valence-electron chi connectivity index (χ2n) is 4.36. The van der Waals surface area contributed by atoms with E-state index in [1.54, 1.807) is 24.5 Å². The molecule has 0 bridgehead atoms. The lowest BCUT2D eigenvalue weighted by Gasteiger charge is -2.11. The molecule has 0 atom stereocenters. The molecule has 0 saturated carbocycles. The molecule has 6 nitrogen and oxygen atoms in total. The highest BCUT2D eigenvalue weighted by atomic mass is 79.9. The third kappa shape index (κ3) is 3.32. The molecule has 2 heterocycles. The van der Waals surface area contributed by atoms with Gasteiger partial charge >= 0.3 is 0 Å². The van der Waals surface area contributed by atoms with Gasteiger partial charge in [0.25, 0.3) is 0 Å². The van der Waals surface area contributed by atoms with Crippen LogP contribution < -0.4 is 15.8 Å². The van der Waals surface area contributed by atoms with Crippen molar-refractivity contribution in [1.82, 2.24) is 15.0 Å². The number of benzene rings is 1. The van der Waals surface area contributed by atoms with Gasteiger partial charge in [0.2, 0.25) is 5.88 Å². The first-order chi connectivity index (χ1) is 10.7. The second-order valence-corrected chi connectivity index (χ2v) is 5.28. The molecular weight excluding hydrogens is 346 g/mol. The monoisotopic (exact) mass is 357 g/mol. The minimum atomic E-state index is 0.280. The van der Waals surface area contributed by atoms with Crippen molar-refractivity contribution in [3.05, 3.63) is 59.6 Å². The van der Waals surface area contributed by atoms with Gasteiger partial charge in [-0.3, -0.25) is 4.98 Å². The number of hydrogen-bond donors (Lipinski definition) is 2. The van der Waals surface area contributed by atoms with Crippen molar-refractivity contribution in [3.8, 4) is 11.6 Å². The molecule has 3 N–H and O–H groups in total. The average Bonchev–Trinajstić information content (AvgIpc) is 2.54. The highest BCUT2D eigenvalue weighted by Gasteiger charge is 2.10. The zero-order valence-electron chi connectivity index (χ0n) is 11.4. The molecule has 3 aromatic rings. The van der Waals surface area contributed by atoms with Crippen LogP contribution in [0.4, 0.5) is 17.2 Å².